The maximum absolute atomic E-state index is 14.1. The van der Waals surface area contributed by atoms with E-state index in [0.717, 1.165) is 19.0 Å². The van der Waals surface area contributed by atoms with Gasteiger partial charge in [-0.3, -0.25) is 4.79 Å². The first-order valence-electron chi connectivity index (χ1n) is 8.56. The molecule has 0 bridgehead atoms. The van der Waals surface area contributed by atoms with Crippen LogP contribution in [0.1, 0.15) is 12.8 Å². The Kier molecular flexibility index (Phi) is 5.80. The molecule has 2 aromatic heterocycles. The minimum absolute atomic E-state index is 0.0897. The maximum atomic E-state index is 14.1. The molecule has 142 valence electrons. The quantitative estimate of drug-likeness (QED) is 0.752. The van der Waals surface area contributed by atoms with Gasteiger partial charge in [0.25, 0.3) is 0 Å². The van der Waals surface area contributed by atoms with Gasteiger partial charge in [0.2, 0.25) is 17.7 Å². The van der Waals surface area contributed by atoms with Crippen LogP contribution in [-0.2, 0) is 4.79 Å². The van der Waals surface area contributed by atoms with Crippen LogP contribution < -0.4 is 15.4 Å². The van der Waals surface area contributed by atoms with E-state index in [0.29, 0.717) is 24.7 Å². The summed E-state index contributed by atoms with van der Waals surface area (Å²) in [6.07, 6.45) is 5.60. The standard InChI is InChI=1S/C18H21FN6O2/c1-3-16(26)25-8-4-5-13(11-25)22-17-14(19)10-21-18(24-17)23-12-6-7-15(27-2)20-9-12/h3,6-7,9-10,13H,1,4-5,8,11H2,2H3,(H2,21,22,23,24). The SMILES string of the molecule is C=CC(=O)N1CCCC(Nc2nc(Nc3ccc(OC)nc3)ncc2F)C1. The number of nitrogens with one attached hydrogen (secondary N) is 2. The average Bonchev–Trinajstić information content (AvgIpc) is 2.70. The summed E-state index contributed by atoms with van der Waals surface area (Å²) >= 11 is 0. The fourth-order valence-corrected chi connectivity index (χ4v) is 2.85. The first kappa shape index (κ1) is 18.6. The van der Waals surface area contributed by atoms with Crippen LogP contribution >= 0.6 is 0 Å². The molecule has 0 saturated carbocycles. The van der Waals surface area contributed by atoms with Crippen molar-refractivity contribution in [3.63, 3.8) is 0 Å². The molecule has 0 aromatic carbocycles. The number of amides is 1. The van der Waals surface area contributed by atoms with Crippen molar-refractivity contribution in [2.75, 3.05) is 30.8 Å². The van der Waals surface area contributed by atoms with Gasteiger partial charge in [-0.25, -0.2) is 14.4 Å². The summed E-state index contributed by atoms with van der Waals surface area (Å²) in [5.41, 5.74) is 0.647. The highest BCUT2D eigenvalue weighted by Gasteiger charge is 2.23. The lowest BCUT2D eigenvalue weighted by Crippen LogP contribution is -2.44. The van der Waals surface area contributed by atoms with Crippen molar-refractivity contribution in [2.45, 2.75) is 18.9 Å². The van der Waals surface area contributed by atoms with Crippen LogP contribution in [-0.4, -0.2) is 52.0 Å². The number of piperidine rings is 1. The molecular formula is C18H21FN6O2. The number of rotatable bonds is 6. The lowest BCUT2D eigenvalue weighted by molar-refractivity contribution is -0.127. The molecule has 1 saturated heterocycles. The molecule has 0 radical (unpaired) electrons. The van der Waals surface area contributed by atoms with Gasteiger partial charge < -0.3 is 20.3 Å². The number of hydrogen-bond donors (Lipinski definition) is 2. The third-order valence-corrected chi connectivity index (χ3v) is 4.19. The molecule has 27 heavy (non-hydrogen) atoms. The average molecular weight is 372 g/mol. The highest BCUT2D eigenvalue weighted by Crippen LogP contribution is 2.20. The van der Waals surface area contributed by atoms with Crippen molar-refractivity contribution in [1.29, 1.82) is 0 Å². The normalized spacial score (nSPS) is 16.5. The lowest BCUT2D eigenvalue weighted by Gasteiger charge is -2.32. The topological polar surface area (TPSA) is 92.3 Å². The third-order valence-electron chi connectivity index (χ3n) is 4.19. The number of anilines is 3. The van der Waals surface area contributed by atoms with E-state index in [1.165, 1.54) is 13.2 Å². The summed E-state index contributed by atoms with van der Waals surface area (Å²) in [6, 6.07) is 3.35. The van der Waals surface area contributed by atoms with E-state index in [2.05, 4.69) is 32.2 Å². The Balaban J connectivity index is 1.69. The smallest absolute Gasteiger partial charge is 0.246 e. The maximum Gasteiger partial charge on any atom is 0.246 e. The van der Waals surface area contributed by atoms with E-state index < -0.39 is 5.82 Å². The number of halogens is 1. The van der Waals surface area contributed by atoms with Gasteiger partial charge in [0.1, 0.15) is 0 Å². The summed E-state index contributed by atoms with van der Waals surface area (Å²) in [6.45, 7) is 4.65. The van der Waals surface area contributed by atoms with Crippen LogP contribution in [0.3, 0.4) is 0 Å². The van der Waals surface area contributed by atoms with E-state index in [1.807, 2.05) is 0 Å². The number of methoxy groups -OCH3 is 1. The van der Waals surface area contributed by atoms with Gasteiger partial charge in [-0.15, -0.1) is 0 Å². The Morgan fingerprint density at radius 1 is 1.41 bits per heavy atom. The second kappa shape index (κ2) is 8.43. The molecule has 3 heterocycles. The lowest BCUT2D eigenvalue weighted by atomic mass is 10.1. The van der Waals surface area contributed by atoms with E-state index in [9.17, 15) is 9.18 Å². The van der Waals surface area contributed by atoms with Gasteiger partial charge in [-0.2, -0.15) is 4.98 Å². The van der Waals surface area contributed by atoms with Gasteiger partial charge in [-0.1, -0.05) is 6.58 Å². The van der Waals surface area contributed by atoms with E-state index in [1.54, 1.807) is 23.2 Å². The number of carbonyl (C=O) groups excluding carboxylic acids is 1. The summed E-state index contributed by atoms with van der Waals surface area (Å²) < 4.78 is 19.2. The van der Waals surface area contributed by atoms with Crippen LogP contribution in [0.15, 0.2) is 37.2 Å². The van der Waals surface area contributed by atoms with Crippen molar-refractivity contribution in [3.8, 4) is 5.88 Å². The monoisotopic (exact) mass is 372 g/mol. The molecule has 1 aliphatic heterocycles. The van der Waals surface area contributed by atoms with Crippen LogP contribution in [0.5, 0.6) is 5.88 Å². The highest BCUT2D eigenvalue weighted by molar-refractivity contribution is 5.87. The summed E-state index contributed by atoms with van der Waals surface area (Å²) in [4.78, 5) is 25.7. The van der Waals surface area contributed by atoms with Crippen LogP contribution in [0, 0.1) is 5.82 Å². The van der Waals surface area contributed by atoms with Crippen molar-refractivity contribution in [3.05, 3.63) is 43.0 Å². The van der Waals surface area contributed by atoms with Gasteiger partial charge >= 0.3 is 0 Å². The van der Waals surface area contributed by atoms with Gasteiger partial charge in [-0.05, 0) is 25.0 Å². The van der Waals surface area contributed by atoms with Crippen molar-refractivity contribution >= 4 is 23.4 Å². The summed E-state index contributed by atoms with van der Waals surface area (Å²) in [5, 5.41) is 6.04. The van der Waals surface area contributed by atoms with Crippen molar-refractivity contribution in [2.24, 2.45) is 0 Å². The summed E-state index contributed by atoms with van der Waals surface area (Å²) in [7, 11) is 1.53. The van der Waals surface area contributed by atoms with Gasteiger partial charge in [0, 0.05) is 25.2 Å². The predicted octanol–water partition coefficient (Wildman–Crippen LogP) is 2.35. The Labute approximate surface area is 156 Å². The number of nitrogens with zero attached hydrogens (tertiary/aromatic N) is 4. The zero-order valence-electron chi connectivity index (χ0n) is 15.0. The first-order valence-corrected chi connectivity index (χ1v) is 8.56. The van der Waals surface area contributed by atoms with E-state index in [4.69, 9.17) is 4.74 Å². The third kappa shape index (κ3) is 4.69. The predicted molar refractivity (Wildman–Crippen MR) is 99.5 cm³/mol. The fraction of sp³-hybridized carbons (Fsp3) is 0.333. The number of ether oxygens (including phenoxy) is 1. The minimum Gasteiger partial charge on any atom is -0.481 e. The Bertz CT molecular complexity index is 814. The molecule has 0 spiro atoms. The minimum atomic E-state index is -0.555. The Morgan fingerprint density at radius 2 is 2.26 bits per heavy atom. The molecule has 1 amide bonds. The van der Waals surface area contributed by atoms with Gasteiger partial charge in [0.15, 0.2) is 11.6 Å². The fourth-order valence-electron chi connectivity index (χ4n) is 2.85. The first-order chi connectivity index (χ1) is 13.1. The number of pyridine rings is 1. The largest absolute Gasteiger partial charge is 0.481 e. The van der Waals surface area contributed by atoms with Crippen LogP contribution in [0.25, 0.3) is 0 Å². The van der Waals surface area contributed by atoms with Gasteiger partial charge in [0.05, 0.1) is 25.2 Å². The van der Waals surface area contributed by atoms with Crippen molar-refractivity contribution in [1.82, 2.24) is 19.9 Å². The van der Waals surface area contributed by atoms with Crippen molar-refractivity contribution < 1.29 is 13.9 Å². The molecule has 2 N–H and O–H groups in total. The van der Waals surface area contributed by atoms with Crippen LogP contribution in [0.4, 0.5) is 21.8 Å². The zero-order chi connectivity index (χ0) is 19.2. The van der Waals surface area contributed by atoms with Crippen LogP contribution in [0.2, 0.25) is 0 Å². The Hall–Kier alpha value is -3.23. The molecule has 8 nitrogen and oxygen atoms in total. The second-order valence-electron chi connectivity index (χ2n) is 6.08. The van der Waals surface area contributed by atoms with E-state index in [-0.39, 0.29) is 23.7 Å². The highest BCUT2D eigenvalue weighted by atomic mass is 19.1. The molecule has 1 aliphatic rings. The number of hydrogen-bond acceptors (Lipinski definition) is 7. The number of aromatic nitrogens is 3. The molecule has 9 heteroatoms. The molecule has 0 aliphatic carbocycles. The second-order valence-corrected chi connectivity index (χ2v) is 6.08. The van der Waals surface area contributed by atoms with E-state index >= 15 is 0 Å². The molecule has 1 unspecified atom stereocenters. The molecule has 1 atom stereocenters. The summed E-state index contributed by atoms with van der Waals surface area (Å²) in [5.74, 6) is 0.131. The number of likely N-dealkylation sites (tertiary alicyclic amines) is 1. The molecule has 3 rings (SSSR count). The molecule has 1 fully saturated rings. The number of carbonyl (C=O) groups is 1. The molecular weight excluding hydrogens is 351 g/mol. The zero-order valence-corrected chi connectivity index (χ0v) is 15.0. The molecule has 2 aromatic rings. The Morgan fingerprint density at radius 3 is 2.96 bits per heavy atom.